The summed E-state index contributed by atoms with van der Waals surface area (Å²) in [7, 11) is 4.39. The lowest BCUT2D eigenvalue weighted by atomic mass is 9.37. The van der Waals surface area contributed by atoms with Gasteiger partial charge in [0, 0.05) is 0 Å². The van der Waals surface area contributed by atoms with E-state index in [1.54, 1.807) is 0 Å². The van der Waals surface area contributed by atoms with Crippen molar-refractivity contribution in [2.45, 2.75) is 112 Å². The second-order valence-corrected chi connectivity index (χ2v) is 15.1. The lowest BCUT2D eigenvalue weighted by Gasteiger charge is -2.69. The highest BCUT2D eigenvalue weighted by atomic mass is 16.3. The van der Waals surface area contributed by atoms with Crippen molar-refractivity contribution in [2.24, 2.45) is 57.7 Å². The normalized spacial score (nSPS) is 51.1. The fraction of sp³-hybridized carbons (Fsp3) is 1.00. The summed E-state index contributed by atoms with van der Waals surface area (Å²) in [6.45, 7) is 18.1. The fourth-order valence-corrected chi connectivity index (χ4v) is 10.7. The molecule has 4 rings (SSSR count). The SMILES string of the molecule is C[C@H](CCN(C)C)[C@H]1CCC2C3C(CC[C@@]21C)[C@@]1(C)CC[C@@H](O)C[C@H]1[C@@H](C(C)(C)C)[C@@]3(C)O. The Kier molecular flexibility index (Phi) is 6.67. The third-order valence-electron chi connectivity index (χ3n) is 11.9. The van der Waals surface area contributed by atoms with Gasteiger partial charge in [0.2, 0.25) is 0 Å². The van der Waals surface area contributed by atoms with E-state index < -0.39 is 5.60 Å². The third-order valence-corrected chi connectivity index (χ3v) is 11.9. The van der Waals surface area contributed by atoms with Gasteiger partial charge < -0.3 is 15.1 Å². The van der Waals surface area contributed by atoms with E-state index in [-0.39, 0.29) is 22.9 Å². The van der Waals surface area contributed by atoms with Crippen LogP contribution in [0.15, 0.2) is 0 Å². The maximum atomic E-state index is 12.6. The average molecular weight is 462 g/mol. The zero-order chi connectivity index (χ0) is 24.6. The van der Waals surface area contributed by atoms with Gasteiger partial charge in [0.1, 0.15) is 0 Å². The number of fused-ring (bicyclic) bond motifs is 5. The monoisotopic (exact) mass is 461 g/mol. The van der Waals surface area contributed by atoms with Crippen molar-refractivity contribution in [3.05, 3.63) is 0 Å². The summed E-state index contributed by atoms with van der Waals surface area (Å²) < 4.78 is 0. The molecule has 3 unspecified atom stereocenters. The lowest BCUT2D eigenvalue weighted by Crippen LogP contribution is -2.69. The number of rotatable bonds is 4. The van der Waals surface area contributed by atoms with Gasteiger partial charge in [-0.2, -0.15) is 0 Å². The summed E-state index contributed by atoms with van der Waals surface area (Å²) in [5.74, 6) is 3.80. The minimum Gasteiger partial charge on any atom is -0.393 e. The van der Waals surface area contributed by atoms with Crippen LogP contribution in [0, 0.1) is 57.7 Å². The summed E-state index contributed by atoms with van der Waals surface area (Å²) in [4.78, 5) is 2.33. The van der Waals surface area contributed by atoms with Crippen LogP contribution in [0.4, 0.5) is 0 Å². The first kappa shape index (κ1) is 26.0. The van der Waals surface area contributed by atoms with Crippen molar-refractivity contribution in [3.63, 3.8) is 0 Å². The molecule has 0 bridgehead atoms. The molecule has 33 heavy (non-hydrogen) atoms. The van der Waals surface area contributed by atoms with E-state index in [1.165, 1.54) is 38.6 Å². The number of nitrogens with zero attached hydrogens (tertiary/aromatic N) is 1. The number of hydrogen-bond donors (Lipinski definition) is 2. The number of aliphatic hydroxyl groups is 2. The van der Waals surface area contributed by atoms with Crippen LogP contribution in [0.25, 0.3) is 0 Å². The first-order chi connectivity index (χ1) is 15.1. The average Bonchev–Trinajstić information content (AvgIpc) is 3.03. The second kappa shape index (κ2) is 8.48. The van der Waals surface area contributed by atoms with E-state index in [2.05, 4.69) is 67.5 Å². The molecule has 192 valence electrons. The minimum absolute atomic E-state index is 0.0301. The van der Waals surface area contributed by atoms with E-state index in [9.17, 15) is 10.2 Å². The molecule has 0 amide bonds. The van der Waals surface area contributed by atoms with Crippen LogP contribution in [0.1, 0.15) is 99.8 Å². The molecule has 0 radical (unpaired) electrons. The number of hydrogen-bond acceptors (Lipinski definition) is 3. The molecule has 0 aromatic heterocycles. The van der Waals surface area contributed by atoms with E-state index in [0.717, 1.165) is 31.1 Å². The van der Waals surface area contributed by atoms with Gasteiger partial charge in [-0.1, -0.05) is 41.5 Å². The van der Waals surface area contributed by atoms with E-state index in [0.29, 0.717) is 29.1 Å². The minimum atomic E-state index is -0.668. The molecule has 0 spiro atoms. The van der Waals surface area contributed by atoms with Crippen LogP contribution in [-0.2, 0) is 0 Å². The number of aliphatic hydroxyl groups excluding tert-OH is 1. The molecule has 0 aromatic rings. The maximum Gasteiger partial charge on any atom is 0.0689 e. The van der Waals surface area contributed by atoms with Gasteiger partial charge in [-0.3, -0.25) is 0 Å². The van der Waals surface area contributed by atoms with Crippen LogP contribution < -0.4 is 0 Å². The van der Waals surface area contributed by atoms with Crippen molar-refractivity contribution in [3.8, 4) is 0 Å². The van der Waals surface area contributed by atoms with E-state index in [1.807, 2.05) is 0 Å². The smallest absolute Gasteiger partial charge is 0.0689 e. The Morgan fingerprint density at radius 2 is 1.52 bits per heavy atom. The van der Waals surface area contributed by atoms with Gasteiger partial charge in [-0.05, 0) is 137 Å². The molecule has 0 aromatic carbocycles. The van der Waals surface area contributed by atoms with Crippen molar-refractivity contribution in [1.82, 2.24) is 4.90 Å². The largest absolute Gasteiger partial charge is 0.393 e. The maximum absolute atomic E-state index is 12.6. The van der Waals surface area contributed by atoms with Crippen LogP contribution in [-0.4, -0.2) is 47.5 Å². The molecule has 4 aliphatic carbocycles. The van der Waals surface area contributed by atoms with Crippen molar-refractivity contribution in [2.75, 3.05) is 20.6 Å². The molecule has 3 heteroatoms. The lowest BCUT2D eigenvalue weighted by molar-refractivity contribution is -0.264. The fourth-order valence-electron chi connectivity index (χ4n) is 10.7. The molecule has 4 fully saturated rings. The standard InChI is InChI=1S/C30H55NO2/c1-19(14-17-31(8)9)21-10-11-22-25-23(13-16-28(21,22)5)29(6)15-12-20(32)18-24(29)26(27(2,3)4)30(25,7)33/h19-26,32-33H,10-18H2,1-9H3/t19-,20-,21-,22?,23?,24+,25?,26+,28-,29-,30+/m1/s1. The van der Waals surface area contributed by atoms with Gasteiger partial charge in [0.05, 0.1) is 11.7 Å². The summed E-state index contributed by atoms with van der Waals surface area (Å²) in [6.07, 6.45) is 9.29. The summed E-state index contributed by atoms with van der Waals surface area (Å²) in [5, 5.41) is 23.3. The Morgan fingerprint density at radius 3 is 2.12 bits per heavy atom. The van der Waals surface area contributed by atoms with Crippen molar-refractivity contribution < 1.29 is 10.2 Å². The van der Waals surface area contributed by atoms with Crippen molar-refractivity contribution >= 4 is 0 Å². The van der Waals surface area contributed by atoms with Crippen LogP contribution >= 0.6 is 0 Å². The van der Waals surface area contributed by atoms with Crippen molar-refractivity contribution in [1.29, 1.82) is 0 Å². The first-order valence-electron chi connectivity index (χ1n) is 14.2. The molecule has 11 atom stereocenters. The Bertz CT molecular complexity index is 711. The Morgan fingerprint density at radius 1 is 0.909 bits per heavy atom. The molecule has 3 nitrogen and oxygen atoms in total. The molecule has 0 saturated heterocycles. The van der Waals surface area contributed by atoms with Gasteiger partial charge in [-0.25, -0.2) is 0 Å². The van der Waals surface area contributed by atoms with Gasteiger partial charge >= 0.3 is 0 Å². The molecular weight excluding hydrogens is 406 g/mol. The Balaban J connectivity index is 1.71. The highest BCUT2D eigenvalue weighted by Gasteiger charge is 2.69. The second-order valence-electron chi connectivity index (χ2n) is 15.1. The highest BCUT2D eigenvalue weighted by Crippen LogP contribution is 2.72. The molecule has 4 aliphatic rings. The third kappa shape index (κ3) is 4.05. The molecule has 0 heterocycles. The quantitative estimate of drug-likeness (QED) is 0.522. The van der Waals surface area contributed by atoms with Gasteiger partial charge in [0.15, 0.2) is 0 Å². The first-order valence-corrected chi connectivity index (χ1v) is 14.2. The predicted molar refractivity (Wildman–Crippen MR) is 138 cm³/mol. The Hall–Kier alpha value is -0.120. The summed E-state index contributed by atoms with van der Waals surface area (Å²) >= 11 is 0. The zero-order valence-electron chi connectivity index (χ0n) is 23.3. The summed E-state index contributed by atoms with van der Waals surface area (Å²) in [6, 6.07) is 0. The highest BCUT2D eigenvalue weighted by molar-refractivity contribution is 5.18. The van der Waals surface area contributed by atoms with Crippen LogP contribution in [0.3, 0.4) is 0 Å². The summed E-state index contributed by atoms with van der Waals surface area (Å²) in [5.41, 5.74) is -0.0304. The van der Waals surface area contributed by atoms with Gasteiger partial charge in [0.25, 0.3) is 0 Å². The topological polar surface area (TPSA) is 43.7 Å². The Labute approximate surface area is 205 Å². The van der Waals surface area contributed by atoms with Crippen LogP contribution in [0.5, 0.6) is 0 Å². The predicted octanol–water partition coefficient (Wildman–Crippen LogP) is 6.23. The molecule has 0 aliphatic heterocycles. The van der Waals surface area contributed by atoms with Crippen LogP contribution in [0.2, 0.25) is 0 Å². The zero-order valence-corrected chi connectivity index (χ0v) is 23.3. The molecule has 2 N–H and O–H groups in total. The van der Waals surface area contributed by atoms with E-state index >= 15 is 0 Å². The van der Waals surface area contributed by atoms with Gasteiger partial charge in [-0.15, -0.1) is 0 Å². The van der Waals surface area contributed by atoms with E-state index in [4.69, 9.17) is 0 Å². The molecule has 4 saturated carbocycles. The molecular formula is C30H55NO2.